The van der Waals surface area contributed by atoms with Gasteiger partial charge in [-0.05, 0) is 36.1 Å². The predicted octanol–water partition coefficient (Wildman–Crippen LogP) is 4.45. The van der Waals surface area contributed by atoms with E-state index in [-0.39, 0.29) is 23.7 Å². The molecule has 2 amide bonds. The SMILES string of the molecule is COc1cc(NC(=O)C2CC2c2ccc(Cl)c(Cl)c2)c(C(=O)N(C)C)cc1OC. The number of carbonyl (C=O) groups is 2. The maximum Gasteiger partial charge on any atom is 0.255 e. The second kappa shape index (κ2) is 8.51. The molecule has 1 aliphatic carbocycles. The number of methoxy groups -OCH3 is 2. The quantitative estimate of drug-likeness (QED) is 0.725. The summed E-state index contributed by atoms with van der Waals surface area (Å²) in [6, 6.07) is 8.57. The lowest BCUT2D eigenvalue weighted by atomic mass is 10.1. The van der Waals surface area contributed by atoms with Gasteiger partial charge in [-0.3, -0.25) is 9.59 Å². The second-order valence-corrected chi connectivity index (χ2v) is 7.88. The topological polar surface area (TPSA) is 67.9 Å². The molecular formula is C21H22Cl2N2O4. The average Bonchev–Trinajstić information content (AvgIpc) is 3.50. The van der Waals surface area contributed by atoms with Gasteiger partial charge in [0.05, 0.1) is 35.5 Å². The number of ether oxygens (including phenoxy) is 2. The fourth-order valence-corrected chi connectivity index (χ4v) is 3.53. The highest BCUT2D eigenvalue weighted by Gasteiger charge is 2.44. The highest BCUT2D eigenvalue weighted by atomic mass is 35.5. The first-order valence-corrected chi connectivity index (χ1v) is 9.75. The Bertz CT molecular complexity index is 962. The number of hydrogen-bond acceptors (Lipinski definition) is 4. The van der Waals surface area contributed by atoms with Crippen LogP contribution in [0.15, 0.2) is 30.3 Å². The monoisotopic (exact) mass is 436 g/mol. The summed E-state index contributed by atoms with van der Waals surface area (Å²) < 4.78 is 10.6. The molecule has 8 heteroatoms. The summed E-state index contributed by atoms with van der Waals surface area (Å²) in [5.74, 6) is 0.283. The molecule has 6 nitrogen and oxygen atoms in total. The van der Waals surface area contributed by atoms with Crippen LogP contribution in [-0.2, 0) is 4.79 Å². The molecule has 0 saturated heterocycles. The largest absolute Gasteiger partial charge is 0.493 e. The van der Waals surface area contributed by atoms with Crippen LogP contribution in [0.4, 0.5) is 5.69 Å². The van der Waals surface area contributed by atoms with E-state index in [1.54, 1.807) is 38.4 Å². The minimum Gasteiger partial charge on any atom is -0.493 e. The highest BCUT2D eigenvalue weighted by Crippen LogP contribution is 2.49. The van der Waals surface area contributed by atoms with Gasteiger partial charge >= 0.3 is 0 Å². The molecule has 0 aliphatic heterocycles. The number of halogens is 2. The lowest BCUT2D eigenvalue weighted by Crippen LogP contribution is -2.24. The summed E-state index contributed by atoms with van der Waals surface area (Å²) in [5, 5.41) is 3.83. The van der Waals surface area contributed by atoms with Gasteiger partial charge in [0.1, 0.15) is 0 Å². The molecule has 1 N–H and O–H groups in total. The first kappa shape index (κ1) is 21.3. The molecule has 1 fully saturated rings. The molecule has 2 atom stereocenters. The molecule has 2 aromatic carbocycles. The number of anilines is 1. The van der Waals surface area contributed by atoms with Crippen LogP contribution in [0, 0.1) is 5.92 Å². The fourth-order valence-electron chi connectivity index (χ4n) is 3.22. The molecule has 0 radical (unpaired) electrons. The maximum absolute atomic E-state index is 12.8. The van der Waals surface area contributed by atoms with Crippen molar-refractivity contribution in [2.45, 2.75) is 12.3 Å². The van der Waals surface area contributed by atoms with E-state index in [1.165, 1.54) is 19.1 Å². The zero-order valence-corrected chi connectivity index (χ0v) is 18.1. The van der Waals surface area contributed by atoms with Crippen LogP contribution >= 0.6 is 23.2 Å². The third-order valence-corrected chi connectivity index (χ3v) is 5.66. The third-order valence-electron chi connectivity index (χ3n) is 4.92. The van der Waals surface area contributed by atoms with Gasteiger partial charge in [0.2, 0.25) is 5.91 Å². The van der Waals surface area contributed by atoms with Crippen LogP contribution in [0.3, 0.4) is 0 Å². The second-order valence-electron chi connectivity index (χ2n) is 7.06. The van der Waals surface area contributed by atoms with Gasteiger partial charge < -0.3 is 19.7 Å². The molecule has 0 bridgehead atoms. The molecule has 0 heterocycles. The number of benzene rings is 2. The standard InChI is InChI=1S/C21H22Cl2N2O4/c1-25(2)21(27)14-9-18(28-3)19(29-4)10-17(14)24-20(26)13-8-12(13)11-5-6-15(22)16(23)7-11/h5-7,9-10,12-13H,8H2,1-4H3,(H,24,26). The van der Waals surface area contributed by atoms with Crippen molar-refractivity contribution in [1.29, 1.82) is 0 Å². The van der Waals surface area contributed by atoms with Gasteiger partial charge in [0.25, 0.3) is 5.91 Å². The summed E-state index contributed by atoms with van der Waals surface area (Å²) in [7, 11) is 6.28. The number of amides is 2. The Morgan fingerprint density at radius 1 is 1.03 bits per heavy atom. The van der Waals surface area contributed by atoms with Gasteiger partial charge in [-0.15, -0.1) is 0 Å². The summed E-state index contributed by atoms with van der Waals surface area (Å²) in [5.41, 5.74) is 1.68. The van der Waals surface area contributed by atoms with Crippen molar-refractivity contribution in [2.75, 3.05) is 33.6 Å². The third kappa shape index (κ3) is 4.43. The van der Waals surface area contributed by atoms with Crippen LogP contribution < -0.4 is 14.8 Å². The lowest BCUT2D eigenvalue weighted by Gasteiger charge is -2.18. The van der Waals surface area contributed by atoms with Gasteiger partial charge in [-0.1, -0.05) is 29.3 Å². The van der Waals surface area contributed by atoms with Crippen LogP contribution in [-0.4, -0.2) is 45.0 Å². The van der Waals surface area contributed by atoms with Gasteiger partial charge in [0, 0.05) is 26.1 Å². The Morgan fingerprint density at radius 2 is 1.69 bits per heavy atom. The summed E-state index contributed by atoms with van der Waals surface area (Å²) in [6.07, 6.45) is 0.702. The number of rotatable bonds is 6. The van der Waals surface area contributed by atoms with Crippen LogP contribution in [0.5, 0.6) is 11.5 Å². The van der Waals surface area contributed by atoms with Crippen molar-refractivity contribution < 1.29 is 19.1 Å². The minimum absolute atomic E-state index is 0.0675. The Hall–Kier alpha value is -2.44. The highest BCUT2D eigenvalue weighted by molar-refractivity contribution is 6.42. The Morgan fingerprint density at radius 3 is 2.28 bits per heavy atom. The van der Waals surface area contributed by atoms with E-state index in [4.69, 9.17) is 32.7 Å². The van der Waals surface area contributed by atoms with Crippen LogP contribution in [0.25, 0.3) is 0 Å². The molecule has 2 unspecified atom stereocenters. The summed E-state index contributed by atoms with van der Waals surface area (Å²) in [4.78, 5) is 26.9. The summed E-state index contributed by atoms with van der Waals surface area (Å²) in [6.45, 7) is 0. The van der Waals surface area contributed by atoms with E-state index >= 15 is 0 Å². The molecule has 3 rings (SSSR count). The lowest BCUT2D eigenvalue weighted by molar-refractivity contribution is -0.117. The fraction of sp³-hybridized carbons (Fsp3) is 0.333. The first-order valence-electron chi connectivity index (χ1n) is 9.00. The molecule has 1 aliphatic rings. The van der Waals surface area contributed by atoms with Crippen molar-refractivity contribution in [3.8, 4) is 11.5 Å². The van der Waals surface area contributed by atoms with E-state index in [9.17, 15) is 9.59 Å². The van der Waals surface area contributed by atoms with E-state index in [0.717, 1.165) is 5.56 Å². The number of carbonyl (C=O) groups excluding carboxylic acids is 2. The van der Waals surface area contributed by atoms with Gasteiger partial charge in [-0.2, -0.15) is 0 Å². The average molecular weight is 437 g/mol. The summed E-state index contributed by atoms with van der Waals surface area (Å²) >= 11 is 12.1. The Balaban J connectivity index is 1.84. The molecule has 29 heavy (non-hydrogen) atoms. The van der Waals surface area contributed by atoms with Gasteiger partial charge in [0.15, 0.2) is 11.5 Å². The van der Waals surface area contributed by atoms with Crippen LogP contribution in [0.1, 0.15) is 28.3 Å². The number of nitrogens with zero attached hydrogens (tertiary/aromatic N) is 1. The molecule has 0 spiro atoms. The molecule has 2 aromatic rings. The zero-order chi connectivity index (χ0) is 21.3. The molecule has 1 saturated carbocycles. The smallest absolute Gasteiger partial charge is 0.255 e. The van der Waals surface area contributed by atoms with E-state index in [2.05, 4.69) is 5.32 Å². The predicted molar refractivity (Wildman–Crippen MR) is 114 cm³/mol. The van der Waals surface area contributed by atoms with E-state index in [1.807, 2.05) is 6.07 Å². The number of hydrogen-bond donors (Lipinski definition) is 1. The maximum atomic E-state index is 12.8. The molecular weight excluding hydrogens is 415 g/mol. The van der Waals surface area contributed by atoms with Crippen molar-refractivity contribution in [3.05, 3.63) is 51.5 Å². The van der Waals surface area contributed by atoms with E-state index in [0.29, 0.717) is 39.2 Å². The molecule has 154 valence electrons. The molecule has 0 aromatic heterocycles. The Kier molecular flexibility index (Phi) is 6.24. The Labute approximate surface area is 179 Å². The van der Waals surface area contributed by atoms with Crippen molar-refractivity contribution in [3.63, 3.8) is 0 Å². The zero-order valence-electron chi connectivity index (χ0n) is 16.6. The van der Waals surface area contributed by atoms with Crippen molar-refractivity contribution in [2.24, 2.45) is 5.92 Å². The number of nitrogens with one attached hydrogen (secondary N) is 1. The van der Waals surface area contributed by atoms with Crippen molar-refractivity contribution in [1.82, 2.24) is 4.90 Å². The van der Waals surface area contributed by atoms with Crippen LogP contribution in [0.2, 0.25) is 10.0 Å². The first-order chi connectivity index (χ1) is 13.8. The van der Waals surface area contributed by atoms with Crippen molar-refractivity contribution >= 4 is 40.7 Å². The van der Waals surface area contributed by atoms with E-state index < -0.39 is 0 Å². The van der Waals surface area contributed by atoms with Gasteiger partial charge in [-0.25, -0.2) is 0 Å². The normalized spacial score (nSPS) is 17.4. The minimum atomic E-state index is -0.252.